The zero-order valence-corrected chi connectivity index (χ0v) is 15.6. The number of carbonyl (C=O) groups is 1. The number of aryl methyl sites for hydroxylation is 2. The standard InChI is InChI=1S/C17H18ClFN2O3S/c1-11-4-6-14(8-12(11)2)25(23,24)21(3)10-17(22)20-16-7-5-13(19)9-15(16)18/h4-9H,10H2,1-3H3,(H,20,22). The Hall–Kier alpha value is -1.96. The molecule has 0 fully saturated rings. The molecule has 0 aliphatic carbocycles. The average molecular weight is 385 g/mol. The smallest absolute Gasteiger partial charge is 0.243 e. The molecular formula is C17H18ClFN2O3S. The summed E-state index contributed by atoms with van der Waals surface area (Å²) in [6.07, 6.45) is 0. The van der Waals surface area contributed by atoms with Gasteiger partial charge in [-0.25, -0.2) is 12.8 Å². The molecule has 0 bridgehead atoms. The summed E-state index contributed by atoms with van der Waals surface area (Å²) in [6.45, 7) is 3.30. The van der Waals surface area contributed by atoms with Crippen LogP contribution in [-0.2, 0) is 14.8 Å². The van der Waals surface area contributed by atoms with Gasteiger partial charge in [-0.05, 0) is 55.3 Å². The largest absolute Gasteiger partial charge is 0.324 e. The average Bonchev–Trinajstić information content (AvgIpc) is 2.52. The van der Waals surface area contributed by atoms with Gasteiger partial charge in [0.2, 0.25) is 15.9 Å². The van der Waals surface area contributed by atoms with Crippen LogP contribution in [-0.4, -0.2) is 32.2 Å². The molecule has 0 saturated heterocycles. The minimum Gasteiger partial charge on any atom is -0.324 e. The number of benzene rings is 2. The van der Waals surface area contributed by atoms with Crippen molar-refractivity contribution in [3.8, 4) is 0 Å². The summed E-state index contributed by atoms with van der Waals surface area (Å²) in [6, 6.07) is 8.31. The molecule has 0 saturated carbocycles. The van der Waals surface area contributed by atoms with E-state index in [-0.39, 0.29) is 15.6 Å². The number of amides is 1. The van der Waals surface area contributed by atoms with Gasteiger partial charge in [-0.3, -0.25) is 4.79 Å². The number of rotatable bonds is 5. The fourth-order valence-electron chi connectivity index (χ4n) is 2.12. The van der Waals surface area contributed by atoms with Crippen LogP contribution >= 0.6 is 11.6 Å². The molecule has 25 heavy (non-hydrogen) atoms. The number of hydrogen-bond donors (Lipinski definition) is 1. The van der Waals surface area contributed by atoms with E-state index < -0.39 is 28.3 Å². The van der Waals surface area contributed by atoms with E-state index in [2.05, 4.69) is 5.32 Å². The summed E-state index contributed by atoms with van der Waals surface area (Å²) in [5, 5.41) is 2.50. The molecule has 134 valence electrons. The monoisotopic (exact) mass is 384 g/mol. The van der Waals surface area contributed by atoms with E-state index in [9.17, 15) is 17.6 Å². The second kappa shape index (κ2) is 7.51. The fourth-order valence-corrected chi connectivity index (χ4v) is 3.55. The van der Waals surface area contributed by atoms with E-state index >= 15 is 0 Å². The Labute approximate surface area is 151 Å². The van der Waals surface area contributed by atoms with E-state index in [4.69, 9.17) is 11.6 Å². The van der Waals surface area contributed by atoms with Crippen molar-refractivity contribution in [2.24, 2.45) is 0 Å². The highest BCUT2D eigenvalue weighted by Gasteiger charge is 2.23. The van der Waals surface area contributed by atoms with Crippen molar-refractivity contribution in [3.05, 3.63) is 58.4 Å². The van der Waals surface area contributed by atoms with Crippen LogP contribution in [0.3, 0.4) is 0 Å². The Kier molecular flexibility index (Phi) is 5.82. The third-order valence-electron chi connectivity index (χ3n) is 3.76. The molecule has 0 spiro atoms. The number of likely N-dealkylation sites (N-methyl/N-ethyl adjacent to an activating group) is 1. The summed E-state index contributed by atoms with van der Waals surface area (Å²) in [7, 11) is -2.49. The third kappa shape index (κ3) is 4.56. The van der Waals surface area contributed by atoms with Gasteiger partial charge in [-0.1, -0.05) is 17.7 Å². The summed E-state index contributed by atoms with van der Waals surface area (Å²) in [5.41, 5.74) is 2.03. The lowest BCUT2D eigenvalue weighted by molar-refractivity contribution is -0.116. The molecule has 0 aromatic heterocycles. The SMILES string of the molecule is Cc1ccc(S(=O)(=O)N(C)CC(=O)Nc2ccc(F)cc2Cl)cc1C. The lowest BCUT2D eigenvalue weighted by Gasteiger charge is -2.18. The van der Waals surface area contributed by atoms with E-state index in [1.54, 1.807) is 12.1 Å². The minimum atomic E-state index is -3.80. The maximum Gasteiger partial charge on any atom is 0.243 e. The molecule has 0 radical (unpaired) electrons. The van der Waals surface area contributed by atoms with Gasteiger partial charge in [0.15, 0.2) is 0 Å². The number of halogens is 2. The van der Waals surface area contributed by atoms with Crippen molar-refractivity contribution in [1.82, 2.24) is 4.31 Å². The first-order valence-corrected chi connectivity index (χ1v) is 9.21. The second-order valence-corrected chi connectivity index (χ2v) is 8.13. The van der Waals surface area contributed by atoms with Gasteiger partial charge in [0.25, 0.3) is 0 Å². The predicted octanol–water partition coefficient (Wildman–Crippen LogP) is 3.36. The highest BCUT2D eigenvalue weighted by atomic mass is 35.5. The Morgan fingerprint density at radius 2 is 1.84 bits per heavy atom. The van der Waals surface area contributed by atoms with Crippen molar-refractivity contribution in [2.75, 3.05) is 18.9 Å². The minimum absolute atomic E-state index is 0.0352. The maximum atomic E-state index is 13.0. The van der Waals surface area contributed by atoms with E-state index in [1.807, 2.05) is 13.8 Å². The van der Waals surface area contributed by atoms with Gasteiger partial charge in [0.1, 0.15) is 5.82 Å². The molecule has 0 unspecified atom stereocenters. The number of anilines is 1. The van der Waals surface area contributed by atoms with Gasteiger partial charge >= 0.3 is 0 Å². The number of nitrogens with zero attached hydrogens (tertiary/aromatic N) is 1. The van der Waals surface area contributed by atoms with Crippen LogP contribution in [0.4, 0.5) is 10.1 Å². The lowest BCUT2D eigenvalue weighted by atomic mass is 10.1. The molecule has 8 heteroatoms. The highest BCUT2D eigenvalue weighted by Crippen LogP contribution is 2.23. The summed E-state index contributed by atoms with van der Waals surface area (Å²) < 4.78 is 39.1. The van der Waals surface area contributed by atoms with Crippen LogP contribution in [0, 0.1) is 19.7 Å². The molecule has 2 aromatic carbocycles. The quantitative estimate of drug-likeness (QED) is 0.859. The molecule has 0 aliphatic rings. The topological polar surface area (TPSA) is 66.5 Å². The Bertz CT molecular complexity index is 916. The van der Waals surface area contributed by atoms with E-state index in [0.29, 0.717) is 0 Å². The summed E-state index contributed by atoms with van der Waals surface area (Å²) in [5.74, 6) is -1.11. The summed E-state index contributed by atoms with van der Waals surface area (Å²) in [4.78, 5) is 12.2. The van der Waals surface area contributed by atoms with Crippen molar-refractivity contribution in [1.29, 1.82) is 0 Å². The van der Waals surface area contributed by atoms with Crippen LogP contribution in [0.25, 0.3) is 0 Å². The van der Waals surface area contributed by atoms with E-state index in [0.717, 1.165) is 27.6 Å². The second-order valence-electron chi connectivity index (χ2n) is 5.68. The van der Waals surface area contributed by atoms with Crippen molar-refractivity contribution in [2.45, 2.75) is 18.7 Å². The molecule has 0 heterocycles. The highest BCUT2D eigenvalue weighted by molar-refractivity contribution is 7.89. The van der Waals surface area contributed by atoms with Crippen LogP contribution in [0.2, 0.25) is 5.02 Å². The molecule has 2 aromatic rings. The third-order valence-corrected chi connectivity index (χ3v) is 5.87. The number of sulfonamides is 1. The van der Waals surface area contributed by atoms with E-state index in [1.165, 1.54) is 19.2 Å². The van der Waals surface area contributed by atoms with Gasteiger partial charge < -0.3 is 5.32 Å². The van der Waals surface area contributed by atoms with Crippen LogP contribution in [0.1, 0.15) is 11.1 Å². The Balaban J connectivity index is 2.13. The summed E-state index contributed by atoms with van der Waals surface area (Å²) >= 11 is 5.84. The predicted molar refractivity (Wildman–Crippen MR) is 95.8 cm³/mol. The molecular weight excluding hydrogens is 367 g/mol. The fraction of sp³-hybridized carbons (Fsp3) is 0.235. The van der Waals surface area contributed by atoms with Crippen LogP contribution < -0.4 is 5.32 Å². The van der Waals surface area contributed by atoms with Crippen LogP contribution in [0.5, 0.6) is 0 Å². The molecule has 5 nitrogen and oxygen atoms in total. The van der Waals surface area contributed by atoms with Gasteiger partial charge in [0, 0.05) is 7.05 Å². The molecule has 0 atom stereocenters. The molecule has 0 aliphatic heterocycles. The number of carbonyl (C=O) groups excluding carboxylic acids is 1. The number of hydrogen-bond acceptors (Lipinski definition) is 3. The molecule has 1 amide bonds. The van der Waals surface area contributed by atoms with Crippen molar-refractivity contribution >= 4 is 33.2 Å². The first-order chi connectivity index (χ1) is 11.6. The van der Waals surface area contributed by atoms with Gasteiger partial charge in [-0.15, -0.1) is 0 Å². The zero-order valence-electron chi connectivity index (χ0n) is 14.0. The normalized spacial score (nSPS) is 11.6. The number of nitrogens with one attached hydrogen (secondary N) is 1. The van der Waals surface area contributed by atoms with Crippen molar-refractivity contribution in [3.63, 3.8) is 0 Å². The van der Waals surface area contributed by atoms with Gasteiger partial charge in [0.05, 0.1) is 22.2 Å². The Morgan fingerprint density at radius 1 is 1.16 bits per heavy atom. The zero-order chi connectivity index (χ0) is 18.8. The lowest BCUT2D eigenvalue weighted by Crippen LogP contribution is -2.35. The first kappa shape index (κ1) is 19.4. The molecule has 2 rings (SSSR count). The Morgan fingerprint density at radius 3 is 2.44 bits per heavy atom. The molecule has 1 N–H and O–H groups in total. The first-order valence-electron chi connectivity index (χ1n) is 7.40. The van der Waals surface area contributed by atoms with Crippen LogP contribution in [0.15, 0.2) is 41.3 Å². The van der Waals surface area contributed by atoms with Crippen molar-refractivity contribution < 1.29 is 17.6 Å². The van der Waals surface area contributed by atoms with Gasteiger partial charge in [-0.2, -0.15) is 4.31 Å². The maximum absolute atomic E-state index is 13.0.